The topological polar surface area (TPSA) is 51.5 Å². The molecular weight excluding hydrogens is 372 g/mol. The van der Waals surface area contributed by atoms with Gasteiger partial charge < -0.3 is 9.30 Å². The van der Waals surface area contributed by atoms with Crippen molar-refractivity contribution in [3.8, 4) is 5.75 Å². The number of rotatable bonds is 6. The average molecular weight is 392 g/mol. The molecule has 5 nitrogen and oxygen atoms in total. The first kappa shape index (κ1) is 18.4. The summed E-state index contributed by atoms with van der Waals surface area (Å²) in [4.78, 5) is 26.7. The van der Waals surface area contributed by atoms with E-state index in [2.05, 4.69) is 17.6 Å². The summed E-state index contributed by atoms with van der Waals surface area (Å²) in [5.41, 5.74) is 2.07. The van der Waals surface area contributed by atoms with Gasteiger partial charge in [0.2, 0.25) is 0 Å². The van der Waals surface area contributed by atoms with Crippen LogP contribution in [0, 0.1) is 0 Å². The predicted molar refractivity (Wildman–Crippen MR) is 112 cm³/mol. The van der Waals surface area contributed by atoms with Gasteiger partial charge in [-0.25, -0.2) is 0 Å². The van der Waals surface area contributed by atoms with Gasteiger partial charge in [-0.1, -0.05) is 36.4 Å². The number of carbonyl (C=O) groups excluding carboxylic acids is 2. The van der Waals surface area contributed by atoms with Crippen molar-refractivity contribution in [3.05, 3.63) is 71.3 Å². The van der Waals surface area contributed by atoms with E-state index >= 15 is 0 Å². The van der Waals surface area contributed by atoms with Crippen LogP contribution >= 0.6 is 11.8 Å². The van der Waals surface area contributed by atoms with Crippen LogP contribution in [0.3, 0.4) is 0 Å². The Balaban J connectivity index is 1.51. The first-order valence-electron chi connectivity index (χ1n) is 9.18. The summed E-state index contributed by atoms with van der Waals surface area (Å²) >= 11 is 0.982. The molecule has 2 heterocycles. The molecular formula is C22H20N2O3S. The van der Waals surface area contributed by atoms with Crippen LogP contribution in [0.1, 0.15) is 12.5 Å². The van der Waals surface area contributed by atoms with Gasteiger partial charge in [-0.3, -0.25) is 14.5 Å². The number of hydrogen-bond acceptors (Lipinski definition) is 4. The minimum absolute atomic E-state index is 0.230. The zero-order valence-electron chi connectivity index (χ0n) is 15.5. The molecule has 2 aromatic carbocycles. The molecule has 0 unspecified atom stereocenters. The summed E-state index contributed by atoms with van der Waals surface area (Å²) in [6.07, 6.45) is 3.84. The molecule has 0 radical (unpaired) electrons. The van der Waals surface area contributed by atoms with Crippen molar-refractivity contribution in [2.45, 2.75) is 13.5 Å². The minimum Gasteiger partial charge on any atom is -0.492 e. The molecule has 1 aromatic heterocycles. The van der Waals surface area contributed by atoms with Crippen molar-refractivity contribution >= 4 is 39.9 Å². The zero-order chi connectivity index (χ0) is 19.5. The molecule has 142 valence electrons. The van der Waals surface area contributed by atoms with Crippen molar-refractivity contribution < 1.29 is 14.3 Å². The summed E-state index contributed by atoms with van der Waals surface area (Å²) in [6.45, 7) is 3.42. The molecule has 6 heteroatoms. The van der Waals surface area contributed by atoms with Crippen LogP contribution in [-0.4, -0.2) is 33.8 Å². The number of ether oxygens (including phenoxy) is 1. The van der Waals surface area contributed by atoms with Crippen LogP contribution in [0.25, 0.3) is 17.0 Å². The van der Waals surface area contributed by atoms with Gasteiger partial charge in [-0.2, -0.15) is 0 Å². The summed E-state index contributed by atoms with van der Waals surface area (Å²) in [7, 11) is 0. The third-order valence-electron chi connectivity index (χ3n) is 4.65. The summed E-state index contributed by atoms with van der Waals surface area (Å²) < 4.78 is 7.75. The number of aromatic nitrogens is 1. The lowest BCUT2D eigenvalue weighted by molar-refractivity contribution is -0.123. The Morgan fingerprint density at radius 3 is 2.57 bits per heavy atom. The fourth-order valence-electron chi connectivity index (χ4n) is 3.26. The fraction of sp³-hybridized carbons (Fsp3) is 0.182. The summed E-state index contributed by atoms with van der Waals surface area (Å²) in [6, 6.07) is 17.4. The summed E-state index contributed by atoms with van der Waals surface area (Å²) in [5.74, 6) is 0.456. The molecule has 1 saturated heterocycles. The second-order valence-corrected chi connectivity index (χ2v) is 7.38. The van der Waals surface area contributed by atoms with Crippen LogP contribution < -0.4 is 4.74 Å². The van der Waals surface area contributed by atoms with E-state index in [-0.39, 0.29) is 24.3 Å². The van der Waals surface area contributed by atoms with E-state index < -0.39 is 0 Å². The normalized spacial score (nSPS) is 15.8. The number of para-hydroxylation sites is 2. The number of aryl methyl sites for hydroxylation is 1. The Morgan fingerprint density at radius 2 is 1.79 bits per heavy atom. The molecule has 4 rings (SSSR count). The molecule has 1 aliphatic rings. The first-order valence-corrected chi connectivity index (χ1v) is 10.00. The molecule has 0 spiro atoms. The molecule has 0 aliphatic carbocycles. The third kappa shape index (κ3) is 3.55. The van der Waals surface area contributed by atoms with Gasteiger partial charge in [0.1, 0.15) is 12.4 Å². The standard InChI is InChI=1S/C22H20N2O3S/c1-2-23-15-16(18-10-6-7-11-19(18)23)14-20-21(25)24(22(26)28-20)12-13-27-17-8-4-3-5-9-17/h3-11,14-15H,2,12-13H2,1H3/b20-14-. The van der Waals surface area contributed by atoms with E-state index in [1.807, 2.05) is 60.8 Å². The SMILES string of the molecule is CCn1cc(/C=C2\SC(=O)N(CCOc3ccccc3)C2=O)c2ccccc21. The van der Waals surface area contributed by atoms with Crippen molar-refractivity contribution in [2.75, 3.05) is 13.2 Å². The Morgan fingerprint density at radius 1 is 1.04 bits per heavy atom. The monoisotopic (exact) mass is 392 g/mol. The second kappa shape index (κ2) is 7.94. The fourth-order valence-corrected chi connectivity index (χ4v) is 4.11. The molecule has 0 saturated carbocycles. The van der Waals surface area contributed by atoms with Gasteiger partial charge in [-0.05, 0) is 43.0 Å². The lowest BCUT2D eigenvalue weighted by Crippen LogP contribution is -2.32. The smallest absolute Gasteiger partial charge is 0.293 e. The highest BCUT2D eigenvalue weighted by Gasteiger charge is 2.35. The predicted octanol–water partition coefficient (Wildman–Crippen LogP) is 4.78. The molecule has 1 aliphatic heterocycles. The number of carbonyl (C=O) groups is 2. The van der Waals surface area contributed by atoms with Crippen molar-refractivity contribution in [3.63, 3.8) is 0 Å². The highest BCUT2D eigenvalue weighted by atomic mass is 32.2. The Hall–Kier alpha value is -2.99. The number of fused-ring (bicyclic) bond motifs is 1. The van der Waals surface area contributed by atoms with Gasteiger partial charge in [0.05, 0.1) is 11.4 Å². The van der Waals surface area contributed by atoms with E-state index in [0.29, 0.717) is 4.91 Å². The number of nitrogens with zero attached hydrogens (tertiary/aromatic N) is 2. The second-order valence-electron chi connectivity index (χ2n) is 6.38. The lowest BCUT2D eigenvalue weighted by Gasteiger charge is -2.13. The van der Waals surface area contributed by atoms with E-state index in [0.717, 1.165) is 40.5 Å². The van der Waals surface area contributed by atoms with Gasteiger partial charge in [-0.15, -0.1) is 0 Å². The zero-order valence-corrected chi connectivity index (χ0v) is 16.3. The average Bonchev–Trinajstić information content (AvgIpc) is 3.21. The quantitative estimate of drug-likeness (QED) is 0.567. The molecule has 1 fully saturated rings. The van der Waals surface area contributed by atoms with Crippen LogP contribution in [-0.2, 0) is 11.3 Å². The highest BCUT2D eigenvalue weighted by molar-refractivity contribution is 8.18. The van der Waals surface area contributed by atoms with Crippen molar-refractivity contribution in [1.82, 2.24) is 9.47 Å². The number of benzene rings is 2. The Bertz CT molecular complexity index is 1060. The Kier molecular flexibility index (Phi) is 5.21. The van der Waals surface area contributed by atoms with Gasteiger partial charge in [0, 0.05) is 29.2 Å². The molecule has 28 heavy (non-hydrogen) atoms. The maximum atomic E-state index is 12.7. The molecule has 0 bridgehead atoms. The van der Waals surface area contributed by atoms with E-state index in [9.17, 15) is 9.59 Å². The van der Waals surface area contributed by atoms with E-state index in [1.165, 1.54) is 4.90 Å². The minimum atomic E-state index is -0.264. The third-order valence-corrected chi connectivity index (χ3v) is 5.55. The van der Waals surface area contributed by atoms with Gasteiger partial charge >= 0.3 is 0 Å². The van der Waals surface area contributed by atoms with Crippen molar-refractivity contribution in [1.29, 1.82) is 0 Å². The van der Waals surface area contributed by atoms with Gasteiger partial charge in [0.25, 0.3) is 11.1 Å². The maximum Gasteiger partial charge on any atom is 0.293 e. The molecule has 0 N–H and O–H groups in total. The number of imide groups is 1. The number of amides is 2. The molecule has 2 amide bonds. The molecule has 0 atom stereocenters. The molecule has 3 aromatic rings. The largest absolute Gasteiger partial charge is 0.492 e. The van der Waals surface area contributed by atoms with Crippen LogP contribution in [0.4, 0.5) is 4.79 Å². The van der Waals surface area contributed by atoms with Crippen LogP contribution in [0.2, 0.25) is 0 Å². The van der Waals surface area contributed by atoms with Crippen LogP contribution in [0.5, 0.6) is 5.75 Å². The highest BCUT2D eigenvalue weighted by Crippen LogP contribution is 2.34. The van der Waals surface area contributed by atoms with Gasteiger partial charge in [0.15, 0.2) is 0 Å². The van der Waals surface area contributed by atoms with Crippen LogP contribution in [0.15, 0.2) is 65.7 Å². The summed E-state index contributed by atoms with van der Waals surface area (Å²) in [5, 5.41) is 0.815. The first-order chi connectivity index (χ1) is 13.7. The lowest BCUT2D eigenvalue weighted by atomic mass is 10.1. The maximum absolute atomic E-state index is 12.7. The van der Waals surface area contributed by atoms with Crippen molar-refractivity contribution in [2.24, 2.45) is 0 Å². The number of thioether (sulfide) groups is 1. The Labute approximate surface area is 167 Å². The van der Waals surface area contributed by atoms with E-state index in [4.69, 9.17) is 4.74 Å². The van der Waals surface area contributed by atoms with E-state index in [1.54, 1.807) is 0 Å². The number of hydrogen-bond donors (Lipinski definition) is 0.